The van der Waals surface area contributed by atoms with Crippen LogP contribution in [0.25, 0.3) is 0 Å². The van der Waals surface area contributed by atoms with Gasteiger partial charge in [-0.3, -0.25) is 14.4 Å². The summed E-state index contributed by atoms with van der Waals surface area (Å²) in [6.45, 7) is 6.34. The predicted octanol–water partition coefficient (Wildman–Crippen LogP) is 17.0. The zero-order valence-electron chi connectivity index (χ0n) is 40.8. The van der Waals surface area contributed by atoms with E-state index in [2.05, 4.69) is 118 Å². The lowest BCUT2D eigenvalue weighted by Crippen LogP contribution is -2.30. The molecule has 6 nitrogen and oxygen atoms in total. The number of ether oxygens (including phenoxy) is 3. The summed E-state index contributed by atoms with van der Waals surface area (Å²) in [6.07, 6.45) is 66.8. The average molecular weight is 875 g/mol. The summed E-state index contributed by atoms with van der Waals surface area (Å²) >= 11 is 0. The van der Waals surface area contributed by atoms with Crippen LogP contribution in [0.1, 0.15) is 226 Å². The first-order chi connectivity index (χ1) is 31.0. The van der Waals surface area contributed by atoms with Crippen molar-refractivity contribution >= 4 is 17.9 Å². The molecule has 0 spiro atoms. The summed E-state index contributed by atoms with van der Waals surface area (Å²) in [4.78, 5) is 38.0. The Kier molecular flexibility index (Phi) is 48.0. The van der Waals surface area contributed by atoms with E-state index in [0.29, 0.717) is 19.3 Å². The van der Waals surface area contributed by atoms with Gasteiger partial charge in [-0.25, -0.2) is 0 Å². The third kappa shape index (κ3) is 49.2. The maximum absolute atomic E-state index is 12.8. The van der Waals surface area contributed by atoms with Crippen LogP contribution in [0.2, 0.25) is 0 Å². The maximum atomic E-state index is 12.8. The molecule has 0 unspecified atom stereocenters. The molecular weight excluding hydrogens is 781 g/mol. The monoisotopic (exact) mass is 875 g/mol. The first-order valence-electron chi connectivity index (χ1n) is 25.7. The van der Waals surface area contributed by atoms with Crippen LogP contribution >= 0.6 is 0 Å². The lowest BCUT2D eigenvalue weighted by molar-refractivity contribution is -0.167. The molecule has 358 valence electrons. The van der Waals surface area contributed by atoms with Gasteiger partial charge in [-0.2, -0.15) is 0 Å². The highest BCUT2D eigenvalue weighted by molar-refractivity contribution is 5.71. The fourth-order valence-corrected chi connectivity index (χ4v) is 6.73. The van der Waals surface area contributed by atoms with Gasteiger partial charge in [0.2, 0.25) is 0 Å². The standard InChI is InChI=1S/C57H94O6/c1-4-7-10-13-16-19-22-25-28-31-34-37-40-43-46-49-55(58)61-52-54(63-57(60)51-48-45-42-39-36-33-30-27-24-21-18-15-12-9-6-3)53-62-56(59)50-47-44-41-38-35-32-29-26-23-20-17-14-11-8-5-2/h7,9-10,12,16,18-19,21,25-30,36,39,54H,4-6,8,11,13-15,17,20,22-24,31-35,37-38,40-53H2,1-3H3/b10-7-,12-9-,19-16-,21-18-,28-25-,29-26-,30-27-,39-36-/t54-/m1/s1. The molecule has 0 aliphatic heterocycles. The second-order valence-electron chi connectivity index (χ2n) is 16.7. The van der Waals surface area contributed by atoms with Crippen molar-refractivity contribution in [2.75, 3.05) is 13.2 Å². The van der Waals surface area contributed by atoms with Crippen molar-refractivity contribution in [3.05, 3.63) is 97.2 Å². The highest BCUT2D eigenvalue weighted by Gasteiger charge is 2.19. The zero-order valence-corrected chi connectivity index (χ0v) is 40.8. The first-order valence-corrected chi connectivity index (χ1v) is 25.7. The highest BCUT2D eigenvalue weighted by Crippen LogP contribution is 2.13. The third-order valence-corrected chi connectivity index (χ3v) is 10.6. The van der Waals surface area contributed by atoms with E-state index in [-0.39, 0.29) is 37.5 Å². The molecule has 0 fully saturated rings. The molecule has 0 saturated carbocycles. The lowest BCUT2D eigenvalue weighted by Gasteiger charge is -2.18. The number of allylic oxidation sites excluding steroid dienone is 16. The number of carbonyl (C=O) groups is 3. The smallest absolute Gasteiger partial charge is 0.306 e. The molecular formula is C57H94O6. The molecule has 0 aliphatic rings. The van der Waals surface area contributed by atoms with Crippen LogP contribution in [-0.4, -0.2) is 37.2 Å². The van der Waals surface area contributed by atoms with E-state index >= 15 is 0 Å². The Bertz CT molecular complexity index is 1280. The minimum absolute atomic E-state index is 0.105. The van der Waals surface area contributed by atoms with Gasteiger partial charge in [-0.1, -0.05) is 189 Å². The van der Waals surface area contributed by atoms with Crippen LogP contribution in [0, 0.1) is 0 Å². The number of hydrogen-bond acceptors (Lipinski definition) is 6. The number of rotatable bonds is 45. The van der Waals surface area contributed by atoms with Crippen LogP contribution in [0.15, 0.2) is 97.2 Å². The van der Waals surface area contributed by atoms with Gasteiger partial charge < -0.3 is 14.2 Å². The van der Waals surface area contributed by atoms with E-state index < -0.39 is 6.10 Å². The molecule has 0 saturated heterocycles. The second kappa shape index (κ2) is 51.0. The topological polar surface area (TPSA) is 78.9 Å². The van der Waals surface area contributed by atoms with Crippen molar-refractivity contribution in [1.82, 2.24) is 0 Å². The zero-order chi connectivity index (χ0) is 45.8. The van der Waals surface area contributed by atoms with Crippen LogP contribution < -0.4 is 0 Å². The molecule has 0 aromatic rings. The van der Waals surface area contributed by atoms with Gasteiger partial charge in [0, 0.05) is 19.3 Å². The summed E-state index contributed by atoms with van der Waals surface area (Å²) in [7, 11) is 0. The maximum Gasteiger partial charge on any atom is 0.306 e. The Hall–Kier alpha value is -3.67. The second-order valence-corrected chi connectivity index (χ2v) is 16.7. The molecule has 0 aromatic carbocycles. The van der Waals surface area contributed by atoms with Gasteiger partial charge >= 0.3 is 17.9 Å². The number of carbonyl (C=O) groups excluding carboxylic acids is 3. The van der Waals surface area contributed by atoms with E-state index in [1.54, 1.807) is 0 Å². The number of unbranched alkanes of at least 4 members (excludes halogenated alkanes) is 18. The van der Waals surface area contributed by atoms with Gasteiger partial charge in [0.05, 0.1) is 0 Å². The van der Waals surface area contributed by atoms with Crippen LogP contribution in [0.4, 0.5) is 0 Å². The van der Waals surface area contributed by atoms with Crippen molar-refractivity contribution in [2.24, 2.45) is 0 Å². The van der Waals surface area contributed by atoms with Crippen molar-refractivity contribution < 1.29 is 28.6 Å². The Morgan fingerprint density at radius 3 is 1.02 bits per heavy atom. The van der Waals surface area contributed by atoms with E-state index in [9.17, 15) is 14.4 Å². The van der Waals surface area contributed by atoms with Gasteiger partial charge in [0.1, 0.15) is 13.2 Å². The summed E-state index contributed by atoms with van der Waals surface area (Å²) < 4.78 is 16.7. The fourth-order valence-electron chi connectivity index (χ4n) is 6.73. The Labute approximate surface area is 387 Å². The Balaban J connectivity index is 4.50. The summed E-state index contributed by atoms with van der Waals surface area (Å²) in [5.41, 5.74) is 0. The molecule has 0 radical (unpaired) electrons. The van der Waals surface area contributed by atoms with Crippen LogP contribution in [0.5, 0.6) is 0 Å². The largest absolute Gasteiger partial charge is 0.462 e. The summed E-state index contributed by atoms with van der Waals surface area (Å²) in [5.74, 6) is -0.976. The number of esters is 3. The molecule has 0 N–H and O–H groups in total. The molecule has 0 rings (SSSR count). The molecule has 0 heterocycles. The van der Waals surface area contributed by atoms with Gasteiger partial charge in [0.25, 0.3) is 0 Å². The van der Waals surface area contributed by atoms with E-state index in [0.717, 1.165) is 128 Å². The number of hydrogen-bond donors (Lipinski definition) is 0. The van der Waals surface area contributed by atoms with Crippen LogP contribution in [0.3, 0.4) is 0 Å². The van der Waals surface area contributed by atoms with Crippen LogP contribution in [-0.2, 0) is 28.6 Å². The van der Waals surface area contributed by atoms with Crippen molar-refractivity contribution in [2.45, 2.75) is 232 Å². The molecule has 0 amide bonds. The van der Waals surface area contributed by atoms with Gasteiger partial charge in [-0.15, -0.1) is 0 Å². The van der Waals surface area contributed by atoms with Crippen molar-refractivity contribution in [3.8, 4) is 0 Å². The summed E-state index contributed by atoms with van der Waals surface area (Å²) in [6, 6.07) is 0. The molecule has 1 atom stereocenters. The minimum Gasteiger partial charge on any atom is -0.462 e. The van der Waals surface area contributed by atoms with Crippen molar-refractivity contribution in [1.29, 1.82) is 0 Å². The molecule has 6 heteroatoms. The molecule has 0 aromatic heterocycles. The SMILES string of the molecule is CC/C=C\C/C=C\C/C=C\C/C=C\CCCCC(=O)O[C@H](COC(=O)CCCCCCC/C=C\C/C=C\C/C=C\CC)COC(=O)CCCCCCC/C=C\CCCCCCCC. The van der Waals surface area contributed by atoms with Crippen molar-refractivity contribution in [3.63, 3.8) is 0 Å². The van der Waals surface area contributed by atoms with Gasteiger partial charge in [-0.05, 0) is 116 Å². The third-order valence-electron chi connectivity index (χ3n) is 10.6. The molecule has 0 aliphatic carbocycles. The minimum atomic E-state index is -0.810. The quantitative estimate of drug-likeness (QED) is 0.0262. The fraction of sp³-hybridized carbons (Fsp3) is 0.667. The average Bonchev–Trinajstić information content (AvgIpc) is 3.28. The Morgan fingerprint density at radius 1 is 0.333 bits per heavy atom. The molecule has 0 bridgehead atoms. The first kappa shape index (κ1) is 59.3. The van der Waals surface area contributed by atoms with E-state index in [1.165, 1.54) is 51.4 Å². The highest BCUT2D eigenvalue weighted by atomic mass is 16.6. The van der Waals surface area contributed by atoms with E-state index in [4.69, 9.17) is 14.2 Å². The van der Waals surface area contributed by atoms with Gasteiger partial charge in [0.15, 0.2) is 6.10 Å². The molecule has 63 heavy (non-hydrogen) atoms. The normalized spacial score (nSPS) is 12.9. The Morgan fingerprint density at radius 2 is 0.619 bits per heavy atom. The van der Waals surface area contributed by atoms with E-state index in [1.807, 2.05) is 0 Å². The summed E-state index contributed by atoms with van der Waals surface area (Å²) in [5, 5.41) is 0. The lowest BCUT2D eigenvalue weighted by atomic mass is 10.1. The predicted molar refractivity (Wildman–Crippen MR) is 270 cm³/mol.